The van der Waals surface area contributed by atoms with E-state index in [2.05, 4.69) is 62.4 Å². The summed E-state index contributed by atoms with van der Waals surface area (Å²) in [4.78, 5) is 83.1. The van der Waals surface area contributed by atoms with Crippen LogP contribution in [0.4, 0.5) is 0 Å². The molecule has 5 amide bonds. The second-order valence-corrected chi connectivity index (χ2v) is 25.0. The Morgan fingerprint density at radius 1 is 0.558 bits per heavy atom. The summed E-state index contributed by atoms with van der Waals surface area (Å²) in [6.07, 6.45) is 0.959. The maximum atomic E-state index is 15.0. The number of aliphatic hydroxyl groups is 1. The van der Waals surface area contributed by atoms with Crippen LogP contribution < -0.4 is 26.0 Å². The highest BCUT2D eigenvalue weighted by Gasteiger charge is 2.41. The lowest BCUT2D eigenvalue weighted by Gasteiger charge is -2.37. The number of methoxy groups -OCH3 is 1. The van der Waals surface area contributed by atoms with Gasteiger partial charge in [-0.25, -0.2) is 13.1 Å². The first-order valence-electron chi connectivity index (χ1n) is 28.3. The number of rotatable bonds is 30. The van der Waals surface area contributed by atoms with E-state index in [1.54, 1.807) is 50.7 Å². The molecule has 4 atom stereocenters. The molecule has 6 N–H and O–H groups in total. The number of nitrogens with one attached hydrogen (secondary N) is 5. The molecular formula is C68H73N5O10S3. The number of aliphatic hydroxyl groups excluding tert-OH is 1. The normalized spacial score (nSPS) is 13.1. The lowest BCUT2D eigenvalue weighted by Crippen LogP contribution is -2.59. The molecule has 4 unspecified atom stereocenters. The monoisotopic (exact) mass is 1220 g/mol. The van der Waals surface area contributed by atoms with Gasteiger partial charge in [-0.15, -0.1) is 23.5 Å². The zero-order valence-corrected chi connectivity index (χ0v) is 50.9. The number of hydrogen-bond acceptors (Lipinski definition) is 12. The van der Waals surface area contributed by atoms with Gasteiger partial charge in [0.05, 0.1) is 34.0 Å². The lowest BCUT2D eigenvalue weighted by atomic mass is 9.84. The minimum atomic E-state index is -4.35. The zero-order chi connectivity index (χ0) is 61.5. The highest BCUT2D eigenvalue weighted by Crippen LogP contribution is 2.50. The number of carbonyl (C=O) groups excluding carboxylic acids is 6. The number of sulfonamides is 1. The SMILES string of the molecule is COC(=O)CNC(=O)C(NC(=O)C(CSC(c1ccccc1)(c1ccccc1)c1ccccc1)NC(=O)C(CCC(=O)NS(=O)(=O)c1ccc(C)cc1)NC(=O)CC(O)C=CCCSC(c1ccccc1)(c1ccccc1)c1ccccc1)C(C)C. The van der Waals surface area contributed by atoms with Crippen molar-refractivity contribution in [3.63, 3.8) is 0 Å². The van der Waals surface area contributed by atoms with Gasteiger partial charge in [0, 0.05) is 12.2 Å². The van der Waals surface area contributed by atoms with Gasteiger partial charge in [0.25, 0.3) is 10.0 Å². The molecule has 0 bridgehead atoms. The summed E-state index contributed by atoms with van der Waals surface area (Å²) in [6, 6.07) is 61.2. The number of ether oxygens (including phenoxy) is 1. The third-order valence-corrected chi connectivity index (χ3v) is 18.9. The summed E-state index contributed by atoms with van der Waals surface area (Å²) in [5.41, 5.74) is 6.62. The average Bonchev–Trinajstić information content (AvgIpc) is 2.02. The Morgan fingerprint density at radius 2 is 0.988 bits per heavy atom. The fourth-order valence-electron chi connectivity index (χ4n) is 9.90. The van der Waals surface area contributed by atoms with Crippen molar-refractivity contribution < 1.29 is 47.0 Å². The Balaban J connectivity index is 1.16. The van der Waals surface area contributed by atoms with Crippen molar-refractivity contribution in [1.82, 2.24) is 26.0 Å². The van der Waals surface area contributed by atoms with Crippen LogP contribution in [0.5, 0.6) is 0 Å². The molecule has 0 aliphatic heterocycles. The summed E-state index contributed by atoms with van der Waals surface area (Å²) in [6.45, 7) is 4.71. The molecule has 86 heavy (non-hydrogen) atoms. The lowest BCUT2D eigenvalue weighted by molar-refractivity contribution is -0.141. The second-order valence-electron chi connectivity index (χ2n) is 20.8. The second kappa shape index (κ2) is 31.7. The Kier molecular flexibility index (Phi) is 24.1. The molecule has 0 radical (unpaired) electrons. The van der Waals surface area contributed by atoms with Gasteiger partial charge < -0.3 is 31.1 Å². The topological polar surface area (TPSA) is 226 Å². The van der Waals surface area contributed by atoms with Crippen LogP contribution in [0, 0.1) is 12.8 Å². The van der Waals surface area contributed by atoms with Gasteiger partial charge in [-0.05, 0) is 76.9 Å². The first-order chi connectivity index (χ1) is 41.5. The summed E-state index contributed by atoms with van der Waals surface area (Å²) in [7, 11) is -3.17. The van der Waals surface area contributed by atoms with Crippen LogP contribution in [0.2, 0.25) is 0 Å². The first-order valence-corrected chi connectivity index (χ1v) is 31.7. The zero-order valence-electron chi connectivity index (χ0n) is 48.5. The fourth-order valence-corrected chi connectivity index (χ4v) is 13.9. The molecule has 7 aromatic rings. The number of amides is 5. The van der Waals surface area contributed by atoms with Gasteiger partial charge in [-0.2, -0.15) is 0 Å². The predicted molar refractivity (Wildman–Crippen MR) is 339 cm³/mol. The summed E-state index contributed by atoms with van der Waals surface area (Å²) >= 11 is 3.08. The van der Waals surface area contributed by atoms with E-state index in [-0.39, 0.29) is 10.6 Å². The molecule has 0 saturated heterocycles. The highest BCUT2D eigenvalue weighted by molar-refractivity contribution is 8.01. The minimum absolute atomic E-state index is 0.147. The summed E-state index contributed by atoms with van der Waals surface area (Å²) in [5, 5.41) is 22.1. The van der Waals surface area contributed by atoms with Crippen molar-refractivity contribution in [2.24, 2.45) is 5.92 Å². The van der Waals surface area contributed by atoms with Gasteiger partial charge >= 0.3 is 5.97 Å². The van der Waals surface area contributed by atoms with Crippen molar-refractivity contribution >= 4 is 69.1 Å². The molecule has 0 saturated carbocycles. The Labute approximate surface area is 512 Å². The van der Waals surface area contributed by atoms with E-state index in [4.69, 9.17) is 4.74 Å². The molecule has 0 fully saturated rings. The van der Waals surface area contributed by atoms with Crippen LogP contribution in [0.1, 0.15) is 78.5 Å². The van der Waals surface area contributed by atoms with Crippen molar-refractivity contribution in [1.29, 1.82) is 0 Å². The molecule has 18 heteroatoms. The third-order valence-electron chi connectivity index (χ3n) is 14.3. The Hall–Kier alpha value is -8.29. The van der Waals surface area contributed by atoms with E-state index in [0.717, 1.165) is 38.9 Å². The largest absolute Gasteiger partial charge is 0.468 e. The third kappa shape index (κ3) is 17.4. The van der Waals surface area contributed by atoms with Gasteiger partial charge in [0.2, 0.25) is 29.5 Å². The van der Waals surface area contributed by atoms with Crippen LogP contribution in [0.15, 0.2) is 223 Å². The molecular weight excluding hydrogens is 1140 g/mol. The standard InChI is InChI=1S/C68H73N5O10S3/c1-48(2)63(66(80)69-46-62(77)83-4)72-65(79)59(47-85-68(53-31-17-8-18-32-53,54-33-19-9-20-34-54)55-35-21-10-22-36-55)71-64(78)58(42-43-60(75)73-86(81,82)57-40-38-49(3)39-41-57)70-61(76)45-56(74)37-23-24-44-84-67(50-25-11-5-12-26-50,51-27-13-6-14-28-51)52-29-15-7-16-30-52/h5-23,25-41,48,56,58-59,63,74H,24,42-47H2,1-4H3,(H,69,80)(H,70,76)(H,71,78)(H,72,79)(H,73,75). The molecule has 0 aromatic heterocycles. The van der Waals surface area contributed by atoms with Crippen LogP contribution in [0.3, 0.4) is 0 Å². The molecule has 0 heterocycles. The first kappa shape index (κ1) is 65.3. The van der Waals surface area contributed by atoms with Gasteiger partial charge in [-0.1, -0.05) is 226 Å². The van der Waals surface area contributed by atoms with Gasteiger partial charge in [0.15, 0.2) is 0 Å². The van der Waals surface area contributed by atoms with E-state index in [1.165, 1.54) is 37.1 Å². The van der Waals surface area contributed by atoms with Crippen molar-refractivity contribution in [3.05, 3.63) is 257 Å². The number of aryl methyl sites for hydroxylation is 1. The number of allylic oxidation sites excluding steroid dienone is 1. The van der Waals surface area contributed by atoms with E-state index in [0.29, 0.717) is 12.2 Å². The number of esters is 1. The van der Waals surface area contributed by atoms with Crippen LogP contribution in [-0.2, 0) is 53.0 Å². The van der Waals surface area contributed by atoms with Crippen LogP contribution in [0.25, 0.3) is 0 Å². The molecule has 7 rings (SSSR count). The molecule has 15 nitrogen and oxygen atoms in total. The number of thioether (sulfide) groups is 2. The van der Waals surface area contributed by atoms with Crippen molar-refractivity contribution in [3.8, 4) is 0 Å². The number of hydrogen-bond donors (Lipinski definition) is 6. The summed E-state index contributed by atoms with van der Waals surface area (Å²) in [5.74, 6) is -4.93. The number of benzene rings is 7. The van der Waals surface area contributed by atoms with E-state index in [9.17, 15) is 42.3 Å². The van der Waals surface area contributed by atoms with Crippen molar-refractivity contribution in [2.75, 3.05) is 25.2 Å². The number of carbonyl (C=O) groups is 6. The molecule has 0 spiro atoms. The van der Waals surface area contributed by atoms with Crippen LogP contribution in [-0.4, -0.2) is 98.4 Å². The Morgan fingerprint density at radius 3 is 1.42 bits per heavy atom. The smallest absolute Gasteiger partial charge is 0.325 e. The maximum absolute atomic E-state index is 15.0. The van der Waals surface area contributed by atoms with E-state index in [1.807, 2.05) is 146 Å². The molecule has 7 aromatic carbocycles. The minimum Gasteiger partial charge on any atom is -0.468 e. The maximum Gasteiger partial charge on any atom is 0.325 e. The molecule has 448 valence electrons. The Bertz CT molecular complexity index is 3280. The van der Waals surface area contributed by atoms with E-state index >= 15 is 0 Å². The molecule has 0 aliphatic rings. The van der Waals surface area contributed by atoms with Crippen molar-refractivity contribution in [2.45, 2.75) is 85.1 Å². The van der Waals surface area contributed by atoms with Gasteiger partial charge in [0.1, 0.15) is 24.7 Å². The average molecular weight is 1220 g/mol. The predicted octanol–water partition coefficient (Wildman–Crippen LogP) is 9.13. The fraction of sp³-hybridized carbons (Fsp3) is 0.265. The summed E-state index contributed by atoms with van der Waals surface area (Å²) < 4.78 is 31.9. The quantitative estimate of drug-likeness (QED) is 0.0107. The van der Waals surface area contributed by atoms with E-state index < -0.39 is 111 Å². The van der Waals surface area contributed by atoms with Gasteiger partial charge in [-0.3, -0.25) is 28.8 Å². The van der Waals surface area contributed by atoms with Crippen LogP contribution >= 0.6 is 23.5 Å². The molecule has 0 aliphatic carbocycles. The highest BCUT2D eigenvalue weighted by atomic mass is 32.2.